The Bertz CT molecular complexity index is 499. The minimum absolute atomic E-state index is 0.372. The van der Waals surface area contributed by atoms with E-state index in [1.165, 1.54) is 41.8 Å². The third-order valence-corrected chi connectivity index (χ3v) is 5.35. The molecule has 0 radical (unpaired) electrons. The highest BCUT2D eigenvalue weighted by atomic mass is 15.2. The minimum atomic E-state index is 0.372. The van der Waals surface area contributed by atoms with Crippen LogP contribution in [0.15, 0.2) is 12.1 Å². The van der Waals surface area contributed by atoms with Crippen molar-refractivity contribution in [3.8, 4) is 0 Å². The highest BCUT2D eigenvalue weighted by molar-refractivity contribution is 5.38. The van der Waals surface area contributed by atoms with Crippen molar-refractivity contribution in [2.75, 3.05) is 19.6 Å². The highest BCUT2D eigenvalue weighted by Gasteiger charge is 2.35. The molecule has 0 amide bonds. The third-order valence-electron chi connectivity index (χ3n) is 5.35. The summed E-state index contributed by atoms with van der Waals surface area (Å²) in [4.78, 5) is 2.60. The molecule has 1 fully saturated rings. The van der Waals surface area contributed by atoms with Crippen LogP contribution in [0.1, 0.15) is 55.5 Å². The number of nitrogens with zero attached hydrogens (tertiary/aromatic N) is 1. The molecule has 0 bridgehead atoms. The molecular weight excluding hydrogens is 256 g/mol. The molecule has 2 N–H and O–H groups in total. The van der Waals surface area contributed by atoms with Gasteiger partial charge in [0.25, 0.3) is 0 Å². The predicted octanol–water partition coefficient (Wildman–Crippen LogP) is 3.98. The van der Waals surface area contributed by atoms with Crippen molar-refractivity contribution in [1.82, 2.24) is 4.90 Å². The van der Waals surface area contributed by atoms with Crippen molar-refractivity contribution >= 4 is 0 Å². The zero-order chi connectivity index (χ0) is 15.8. The molecule has 1 aromatic rings. The van der Waals surface area contributed by atoms with Crippen LogP contribution in [-0.2, 0) is 0 Å². The lowest BCUT2D eigenvalue weighted by Gasteiger charge is -2.31. The van der Waals surface area contributed by atoms with Crippen LogP contribution in [0, 0.1) is 32.1 Å². The molecule has 21 heavy (non-hydrogen) atoms. The Morgan fingerprint density at radius 2 is 1.76 bits per heavy atom. The van der Waals surface area contributed by atoms with E-state index in [1.54, 1.807) is 0 Å². The third kappa shape index (κ3) is 3.49. The molecule has 1 aromatic carbocycles. The molecule has 1 heterocycles. The Balaban J connectivity index is 2.24. The Morgan fingerprint density at radius 1 is 1.14 bits per heavy atom. The van der Waals surface area contributed by atoms with Gasteiger partial charge in [-0.15, -0.1) is 0 Å². The van der Waals surface area contributed by atoms with Gasteiger partial charge in [0.2, 0.25) is 0 Å². The molecule has 1 aliphatic heterocycles. The monoisotopic (exact) mass is 288 g/mol. The van der Waals surface area contributed by atoms with Gasteiger partial charge in [0.1, 0.15) is 0 Å². The zero-order valence-electron chi connectivity index (χ0n) is 14.7. The Labute approximate surface area is 130 Å². The molecule has 0 aliphatic carbocycles. The van der Waals surface area contributed by atoms with Gasteiger partial charge >= 0.3 is 0 Å². The molecule has 2 unspecified atom stereocenters. The number of likely N-dealkylation sites (tertiary alicyclic amines) is 1. The van der Waals surface area contributed by atoms with E-state index >= 15 is 0 Å². The van der Waals surface area contributed by atoms with E-state index in [4.69, 9.17) is 5.73 Å². The van der Waals surface area contributed by atoms with E-state index in [9.17, 15) is 0 Å². The Kier molecular flexibility index (Phi) is 4.79. The SMILES string of the molecule is Cc1cc(C)c(C(CN)N2CCC(C(C)(C)C)C2)cc1C. The maximum atomic E-state index is 6.15. The maximum absolute atomic E-state index is 6.15. The molecule has 0 aromatic heterocycles. The van der Waals surface area contributed by atoms with Gasteiger partial charge in [-0.2, -0.15) is 0 Å². The van der Waals surface area contributed by atoms with Crippen molar-refractivity contribution in [1.29, 1.82) is 0 Å². The molecule has 1 aliphatic rings. The fourth-order valence-corrected chi connectivity index (χ4v) is 3.59. The molecule has 118 valence electrons. The molecule has 2 atom stereocenters. The Morgan fingerprint density at radius 3 is 2.29 bits per heavy atom. The topological polar surface area (TPSA) is 29.3 Å². The summed E-state index contributed by atoms with van der Waals surface area (Å²) < 4.78 is 0. The molecule has 0 saturated carbocycles. The molecule has 0 spiro atoms. The Hall–Kier alpha value is -0.860. The van der Waals surface area contributed by atoms with Gasteiger partial charge in [0.05, 0.1) is 0 Å². The average Bonchev–Trinajstić information content (AvgIpc) is 2.86. The molecule has 2 nitrogen and oxygen atoms in total. The smallest absolute Gasteiger partial charge is 0.0473 e. The quantitative estimate of drug-likeness (QED) is 0.911. The van der Waals surface area contributed by atoms with Crippen molar-refractivity contribution in [3.05, 3.63) is 34.4 Å². The van der Waals surface area contributed by atoms with Crippen LogP contribution in [-0.4, -0.2) is 24.5 Å². The van der Waals surface area contributed by atoms with E-state index in [2.05, 4.69) is 58.6 Å². The lowest BCUT2D eigenvalue weighted by molar-refractivity contribution is 0.197. The first-order valence-corrected chi connectivity index (χ1v) is 8.26. The first-order chi connectivity index (χ1) is 9.74. The summed E-state index contributed by atoms with van der Waals surface area (Å²) in [6.07, 6.45) is 1.30. The number of hydrogen-bond donors (Lipinski definition) is 1. The van der Waals surface area contributed by atoms with Crippen molar-refractivity contribution in [2.24, 2.45) is 17.1 Å². The summed E-state index contributed by atoms with van der Waals surface area (Å²) in [5.41, 5.74) is 12.1. The van der Waals surface area contributed by atoms with E-state index in [1.807, 2.05) is 0 Å². The van der Waals surface area contributed by atoms with Gasteiger partial charge in [-0.25, -0.2) is 0 Å². The standard InChI is InChI=1S/C19H32N2/c1-13-9-15(3)17(10-14(13)2)18(11-20)21-8-7-16(12-21)19(4,5)6/h9-10,16,18H,7-8,11-12,20H2,1-6H3. The molecule has 2 rings (SSSR count). The molecule has 1 saturated heterocycles. The summed E-state index contributed by atoms with van der Waals surface area (Å²) >= 11 is 0. The van der Waals surface area contributed by atoms with Crippen molar-refractivity contribution in [2.45, 2.75) is 54.0 Å². The van der Waals surface area contributed by atoms with E-state index in [0.717, 1.165) is 5.92 Å². The lowest BCUT2D eigenvalue weighted by atomic mass is 9.80. The number of rotatable bonds is 3. The zero-order valence-corrected chi connectivity index (χ0v) is 14.7. The maximum Gasteiger partial charge on any atom is 0.0473 e. The fraction of sp³-hybridized carbons (Fsp3) is 0.684. The van der Waals surface area contributed by atoms with Crippen LogP contribution in [0.4, 0.5) is 0 Å². The van der Waals surface area contributed by atoms with Gasteiger partial charge in [0.15, 0.2) is 0 Å². The van der Waals surface area contributed by atoms with Crippen molar-refractivity contribution < 1.29 is 0 Å². The summed E-state index contributed by atoms with van der Waals surface area (Å²) in [5.74, 6) is 0.776. The van der Waals surface area contributed by atoms with Crippen LogP contribution in [0.25, 0.3) is 0 Å². The summed E-state index contributed by atoms with van der Waals surface area (Å²) in [5, 5.41) is 0. The first-order valence-electron chi connectivity index (χ1n) is 8.26. The van der Waals surface area contributed by atoms with Gasteiger partial charge in [0, 0.05) is 19.1 Å². The number of benzene rings is 1. The molecule has 2 heteroatoms. The summed E-state index contributed by atoms with van der Waals surface area (Å²) in [6.45, 7) is 16.8. The number of aryl methyl sites for hydroxylation is 3. The highest BCUT2D eigenvalue weighted by Crippen LogP contribution is 2.37. The van der Waals surface area contributed by atoms with Crippen molar-refractivity contribution in [3.63, 3.8) is 0 Å². The summed E-state index contributed by atoms with van der Waals surface area (Å²) in [7, 11) is 0. The van der Waals surface area contributed by atoms with Crippen LogP contribution < -0.4 is 5.73 Å². The first kappa shape index (κ1) is 16.5. The average molecular weight is 288 g/mol. The summed E-state index contributed by atoms with van der Waals surface area (Å²) in [6, 6.07) is 5.04. The van der Waals surface area contributed by atoms with E-state index in [0.29, 0.717) is 18.0 Å². The van der Waals surface area contributed by atoms with Crippen LogP contribution in [0.5, 0.6) is 0 Å². The van der Waals surface area contributed by atoms with Crippen LogP contribution >= 0.6 is 0 Å². The largest absolute Gasteiger partial charge is 0.329 e. The van der Waals surface area contributed by atoms with Gasteiger partial charge in [-0.05, 0) is 67.3 Å². The van der Waals surface area contributed by atoms with Crippen LogP contribution in [0.2, 0.25) is 0 Å². The molecular formula is C19H32N2. The van der Waals surface area contributed by atoms with Gasteiger partial charge in [-0.3, -0.25) is 4.90 Å². The fourth-order valence-electron chi connectivity index (χ4n) is 3.59. The number of nitrogens with two attached hydrogens (primary N) is 1. The normalized spacial score (nSPS) is 21.8. The number of hydrogen-bond acceptors (Lipinski definition) is 2. The lowest BCUT2D eigenvalue weighted by Crippen LogP contribution is -2.34. The minimum Gasteiger partial charge on any atom is -0.329 e. The van der Waals surface area contributed by atoms with Gasteiger partial charge in [-0.1, -0.05) is 32.9 Å². The van der Waals surface area contributed by atoms with Crippen LogP contribution in [0.3, 0.4) is 0 Å². The second-order valence-electron chi connectivity index (χ2n) is 7.89. The second-order valence-corrected chi connectivity index (χ2v) is 7.89. The van der Waals surface area contributed by atoms with E-state index < -0.39 is 0 Å². The predicted molar refractivity (Wildman–Crippen MR) is 91.6 cm³/mol. The van der Waals surface area contributed by atoms with Gasteiger partial charge < -0.3 is 5.73 Å². The van der Waals surface area contributed by atoms with E-state index in [-0.39, 0.29) is 0 Å². The second kappa shape index (κ2) is 6.10.